The van der Waals surface area contributed by atoms with Crippen molar-refractivity contribution in [2.45, 2.75) is 26.7 Å². The first-order valence-corrected chi connectivity index (χ1v) is 8.22. The van der Waals surface area contributed by atoms with Gasteiger partial charge in [-0.05, 0) is 36.8 Å². The van der Waals surface area contributed by atoms with Crippen molar-refractivity contribution in [3.05, 3.63) is 35.4 Å². The predicted octanol–water partition coefficient (Wildman–Crippen LogP) is 1.70. The molecule has 0 saturated carbocycles. The average Bonchev–Trinajstić information content (AvgIpc) is 2.48. The highest BCUT2D eigenvalue weighted by molar-refractivity contribution is 5.78. The molecule has 5 nitrogen and oxygen atoms in total. The van der Waals surface area contributed by atoms with Gasteiger partial charge in [-0.2, -0.15) is 0 Å². The van der Waals surface area contributed by atoms with Crippen molar-refractivity contribution in [1.82, 2.24) is 10.2 Å². The van der Waals surface area contributed by atoms with E-state index in [1.807, 2.05) is 24.0 Å². The van der Waals surface area contributed by atoms with Crippen LogP contribution in [-0.4, -0.2) is 48.1 Å². The van der Waals surface area contributed by atoms with Gasteiger partial charge in [-0.3, -0.25) is 14.5 Å². The molecule has 0 bridgehead atoms. The van der Waals surface area contributed by atoms with Gasteiger partial charge in [0.15, 0.2) is 0 Å². The van der Waals surface area contributed by atoms with Crippen molar-refractivity contribution in [1.29, 1.82) is 0 Å². The van der Waals surface area contributed by atoms with Gasteiger partial charge >= 0.3 is 5.97 Å². The lowest BCUT2D eigenvalue weighted by atomic mass is 9.90. The van der Waals surface area contributed by atoms with Crippen LogP contribution in [0.5, 0.6) is 0 Å². The molecule has 126 valence electrons. The van der Waals surface area contributed by atoms with Crippen LogP contribution in [-0.2, 0) is 16.0 Å². The van der Waals surface area contributed by atoms with Crippen molar-refractivity contribution in [3.63, 3.8) is 0 Å². The summed E-state index contributed by atoms with van der Waals surface area (Å²) in [6.07, 6.45) is 1.51. The third-order valence-electron chi connectivity index (χ3n) is 4.43. The molecule has 2 N–H and O–H groups in total. The minimum absolute atomic E-state index is 0.0307. The highest BCUT2D eigenvalue weighted by Gasteiger charge is 2.30. The van der Waals surface area contributed by atoms with Crippen LogP contribution in [0, 0.1) is 18.8 Å². The fourth-order valence-electron chi connectivity index (χ4n) is 3.26. The summed E-state index contributed by atoms with van der Waals surface area (Å²) in [7, 11) is 0. The number of carboxylic acids is 1. The number of benzene rings is 1. The number of hydrogen-bond donors (Lipinski definition) is 2. The number of amides is 1. The Morgan fingerprint density at radius 2 is 2.04 bits per heavy atom. The molecule has 1 heterocycles. The van der Waals surface area contributed by atoms with Crippen LogP contribution in [0.15, 0.2) is 24.3 Å². The molecule has 1 amide bonds. The molecule has 1 aromatic rings. The molecule has 0 radical (unpaired) electrons. The second-order valence-corrected chi connectivity index (χ2v) is 6.60. The second-order valence-electron chi connectivity index (χ2n) is 6.60. The smallest absolute Gasteiger partial charge is 0.307 e. The number of likely N-dealkylation sites (tertiary alicyclic amines) is 1. The zero-order valence-corrected chi connectivity index (χ0v) is 13.9. The summed E-state index contributed by atoms with van der Waals surface area (Å²) < 4.78 is 0. The highest BCUT2D eigenvalue weighted by Crippen LogP contribution is 2.21. The molecule has 0 aliphatic carbocycles. The first-order chi connectivity index (χ1) is 11.0. The largest absolute Gasteiger partial charge is 0.481 e. The second kappa shape index (κ2) is 8.11. The quantitative estimate of drug-likeness (QED) is 0.837. The van der Waals surface area contributed by atoms with E-state index in [0.29, 0.717) is 25.4 Å². The van der Waals surface area contributed by atoms with Gasteiger partial charge in [0, 0.05) is 19.6 Å². The summed E-state index contributed by atoms with van der Waals surface area (Å²) >= 11 is 0. The number of nitrogens with one attached hydrogen (secondary N) is 1. The van der Waals surface area contributed by atoms with Crippen LogP contribution in [0.4, 0.5) is 0 Å². The highest BCUT2D eigenvalue weighted by atomic mass is 16.4. The number of rotatable bonds is 6. The van der Waals surface area contributed by atoms with E-state index >= 15 is 0 Å². The van der Waals surface area contributed by atoms with Gasteiger partial charge in [0.2, 0.25) is 5.91 Å². The maximum absolute atomic E-state index is 12.1. The Labute approximate surface area is 137 Å². The van der Waals surface area contributed by atoms with E-state index in [9.17, 15) is 14.7 Å². The molecule has 5 heteroatoms. The molecule has 2 atom stereocenters. The van der Waals surface area contributed by atoms with E-state index in [2.05, 4.69) is 24.4 Å². The van der Waals surface area contributed by atoms with Crippen LogP contribution in [0.1, 0.15) is 24.5 Å². The number of aryl methyl sites for hydroxylation is 1. The van der Waals surface area contributed by atoms with Crippen LogP contribution in [0.3, 0.4) is 0 Å². The van der Waals surface area contributed by atoms with E-state index in [0.717, 1.165) is 13.0 Å². The van der Waals surface area contributed by atoms with Gasteiger partial charge in [0.25, 0.3) is 0 Å². The number of carboxylic acid groups (broad SMARTS) is 1. The Morgan fingerprint density at radius 1 is 1.30 bits per heavy atom. The predicted molar refractivity (Wildman–Crippen MR) is 89.2 cm³/mol. The van der Waals surface area contributed by atoms with Crippen LogP contribution < -0.4 is 5.32 Å². The van der Waals surface area contributed by atoms with E-state index < -0.39 is 5.97 Å². The summed E-state index contributed by atoms with van der Waals surface area (Å²) in [4.78, 5) is 25.2. The summed E-state index contributed by atoms with van der Waals surface area (Å²) in [5.74, 6) is -0.846. The Morgan fingerprint density at radius 3 is 2.74 bits per heavy atom. The van der Waals surface area contributed by atoms with E-state index in [-0.39, 0.29) is 18.4 Å². The third-order valence-corrected chi connectivity index (χ3v) is 4.43. The summed E-state index contributed by atoms with van der Waals surface area (Å²) in [6, 6.07) is 8.16. The van der Waals surface area contributed by atoms with E-state index in [1.54, 1.807) is 0 Å². The van der Waals surface area contributed by atoms with Crippen molar-refractivity contribution in [3.8, 4) is 0 Å². The van der Waals surface area contributed by atoms with Gasteiger partial charge in [-0.15, -0.1) is 0 Å². The van der Waals surface area contributed by atoms with Gasteiger partial charge in [0.05, 0.1) is 12.5 Å². The Kier molecular flexibility index (Phi) is 6.16. The Bertz CT molecular complexity index is 559. The van der Waals surface area contributed by atoms with Crippen molar-refractivity contribution < 1.29 is 14.7 Å². The topological polar surface area (TPSA) is 69.6 Å². The average molecular weight is 318 g/mol. The zero-order chi connectivity index (χ0) is 16.8. The normalized spacial score (nSPS) is 21.8. The third kappa shape index (κ3) is 5.36. The molecule has 1 aliphatic rings. The van der Waals surface area contributed by atoms with Crippen molar-refractivity contribution in [2.75, 3.05) is 26.2 Å². The lowest BCUT2D eigenvalue weighted by molar-refractivity contribution is -0.145. The molecule has 0 aromatic heterocycles. The maximum atomic E-state index is 12.1. The minimum atomic E-state index is -0.762. The van der Waals surface area contributed by atoms with Crippen molar-refractivity contribution in [2.24, 2.45) is 11.8 Å². The van der Waals surface area contributed by atoms with Crippen LogP contribution >= 0.6 is 0 Å². The van der Waals surface area contributed by atoms with E-state index in [4.69, 9.17) is 0 Å². The molecular formula is C18H26N2O3. The lowest BCUT2D eigenvalue weighted by Gasteiger charge is -2.34. The number of nitrogens with zero attached hydrogens (tertiary/aromatic N) is 1. The fraction of sp³-hybridized carbons (Fsp3) is 0.556. The molecule has 2 unspecified atom stereocenters. The molecule has 1 aliphatic heterocycles. The number of carbonyl (C=O) groups excluding carboxylic acids is 1. The Balaban J connectivity index is 1.76. The SMILES string of the molecule is Cc1ccccc1CCNC(=O)CN1CC(C)CC(C(=O)O)C1. The number of hydrogen-bond acceptors (Lipinski definition) is 3. The first kappa shape index (κ1) is 17.5. The summed E-state index contributed by atoms with van der Waals surface area (Å²) in [5, 5.41) is 12.1. The zero-order valence-electron chi connectivity index (χ0n) is 13.9. The molecule has 1 fully saturated rings. The number of piperidine rings is 1. The van der Waals surface area contributed by atoms with E-state index in [1.165, 1.54) is 11.1 Å². The first-order valence-electron chi connectivity index (χ1n) is 8.22. The summed E-state index contributed by atoms with van der Waals surface area (Å²) in [5.41, 5.74) is 2.47. The Hall–Kier alpha value is -1.88. The van der Waals surface area contributed by atoms with Crippen molar-refractivity contribution >= 4 is 11.9 Å². The molecular weight excluding hydrogens is 292 g/mol. The van der Waals surface area contributed by atoms with Gasteiger partial charge in [-0.25, -0.2) is 0 Å². The number of aliphatic carboxylic acids is 1. The standard InChI is InChI=1S/C18H26N2O3/c1-13-9-16(18(22)23)11-20(10-13)12-17(21)19-8-7-15-6-4-3-5-14(15)2/h3-6,13,16H,7-12H2,1-2H3,(H,19,21)(H,22,23). The fourth-order valence-corrected chi connectivity index (χ4v) is 3.26. The maximum Gasteiger partial charge on any atom is 0.307 e. The number of carbonyl (C=O) groups is 2. The monoisotopic (exact) mass is 318 g/mol. The van der Waals surface area contributed by atoms with Gasteiger partial charge in [-0.1, -0.05) is 31.2 Å². The van der Waals surface area contributed by atoms with Crippen LogP contribution in [0.2, 0.25) is 0 Å². The summed E-state index contributed by atoms with van der Waals surface area (Å²) in [6.45, 7) is 6.24. The van der Waals surface area contributed by atoms with Gasteiger partial charge in [0.1, 0.15) is 0 Å². The minimum Gasteiger partial charge on any atom is -0.481 e. The molecule has 1 saturated heterocycles. The molecule has 23 heavy (non-hydrogen) atoms. The molecule has 2 rings (SSSR count). The van der Waals surface area contributed by atoms with Gasteiger partial charge < -0.3 is 10.4 Å². The molecule has 1 aromatic carbocycles. The lowest BCUT2D eigenvalue weighted by Crippen LogP contribution is -2.47. The van der Waals surface area contributed by atoms with Crippen LogP contribution in [0.25, 0.3) is 0 Å². The molecule has 0 spiro atoms.